The van der Waals surface area contributed by atoms with E-state index in [4.69, 9.17) is 22.7 Å². The van der Waals surface area contributed by atoms with Crippen LogP contribution in [0.4, 0.5) is 0 Å². The summed E-state index contributed by atoms with van der Waals surface area (Å²) in [5.41, 5.74) is 5.35. The van der Waals surface area contributed by atoms with Gasteiger partial charge in [-0.05, 0) is 6.42 Å². The summed E-state index contributed by atoms with van der Waals surface area (Å²) < 4.78 is 5.05. The Hall–Kier alpha value is -0.150. The van der Waals surface area contributed by atoms with Crippen LogP contribution in [0, 0.1) is 5.92 Å². The number of hydrogen-bond acceptors (Lipinski definition) is 2. The van der Waals surface area contributed by atoms with Crippen LogP contribution >= 0.6 is 12.2 Å². The van der Waals surface area contributed by atoms with Gasteiger partial charge in [-0.3, -0.25) is 0 Å². The molecule has 1 aliphatic heterocycles. The summed E-state index contributed by atoms with van der Waals surface area (Å²) in [6.07, 6.45) is 1.01. The highest BCUT2D eigenvalue weighted by atomic mass is 32.1. The fraction of sp³-hybridized carbons (Fsp3) is 0.800. The zero-order valence-electron chi connectivity index (χ0n) is 4.59. The molecule has 1 fully saturated rings. The summed E-state index contributed by atoms with van der Waals surface area (Å²) in [5, 5.41) is 0. The van der Waals surface area contributed by atoms with Crippen LogP contribution in [0.25, 0.3) is 0 Å². The van der Waals surface area contributed by atoms with Gasteiger partial charge in [0.15, 0.2) is 0 Å². The van der Waals surface area contributed by atoms with E-state index in [-0.39, 0.29) is 0 Å². The molecular weight excluding hydrogens is 122 g/mol. The molecule has 1 atom stereocenters. The topological polar surface area (TPSA) is 35.2 Å². The molecule has 0 aromatic rings. The van der Waals surface area contributed by atoms with Crippen molar-refractivity contribution in [3.63, 3.8) is 0 Å². The summed E-state index contributed by atoms with van der Waals surface area (Å²) in [6.45, 7) is 1.55. The van der Waals surface area contributed by atoms with Gasteiger partial charge in [0, 0.05) is 12.5 Å². The highest BCUT2D eigenvalue weighted by Crippen LogP contribution is 2.11. The third-order valence-corrected chi connectivity index (χ3v) is 1.67. The third kappa shape index (κ3) is 1.17. The van der Waals surface area contributed by atoms with Crippen molar-refractivity contribution in [2.24, 2.45) is 11.7 Å². The molecule has 2 nitrogen and oxygen atoms in total. The molecule has 0 aromatic heterocycles. The van der Waals surface area contributed by atoms with E-state index in [2.05, 4.69) is 0 Å². The van der Waals surface area contributed by atoms with Crippen molar-refractivity contribution in [2.45, 2.75) is 6.42 Å². The van der Waals surface area contributed by atoms with Crippen molar-refractivity contribution in [3.8, 4) is 0 Å². The van der Waals surface area contributed by atoms with Gasteiger partial charge in [-0.1, -0.05) is 12.2 Å². The molecule has 1 saturated heterocycles. The molecule has 0 saturated carbocycles. The fourth-order valence-electron chi connectivity index (χ4n) is 0.759. The van der Waals surface area contributed by atoms with Crippen molar-refractivity contribution < 1.29 is 4.74 Å². The van der Waals surface area contributed by atoms with Crippen molar-refractivity contribution >= 4 is 17.2 Å². The standard InChI is InChI=1S/C5H9NOS/c6-5(8)4-1-2-7-3-4/h4H,1-3H2,(H2,6,8). The number of ether oxygens (including phenoxy) is 1. The molecule has 0 amide bonds. The Balaban J connectivity index is 2.35. The molecule has 0 bridgehead atoms. The van der Waals surface area contributed by atoms with Crippen LogP contribution in [0.2, 0.25) is 0 Å². The first-order valence-electron chi connectivity index (χ1n) is 2.68. The maximum atomic E-state index is 5.35. The van der Waals surface area contributed by atoms with Crippen molar-refractivity contribution in [1.82, 2.24) is 0 Å². The number of hydrogen-bond donors (Lipinski definition) is 1. The Bertz CT molecular complexity index is 98.6. The first-order chi connectivity index (χ1) is 3.80. The van der Waals surface area contributed by atoms with E-state index >= 15 is 0 Å². The number of rotatable bonds is 1. The monoisotopic (exact) mass is 131 g/mol. The van der Waals surface area contributed by atoms with Crippen molar-refractivity contribution in [1.29, 1.82) is 0 Å². The Kier molecular flexibility index (Phi) is 1.81. The summed E-state index contributed by atoms with van der Waals surface area (Å²) in [5.74, 6) is 0.352. The fourth-order valence-corrected chi connectivity index (χ4v) is 0.945. The highest BCUT2D eigenvalue weighted by molar-refractivity contribution is 7.80. The van der Waals surface area contributed by atoms with Gasteiger partial charge in [-0.25, -0.2) is 0 Å². The lowest BCUT2D eigenvalue weighted by Crippen LogP contribution is -2.20. The van der Waals surface area contributed by atoms with E-state index in [0.29, 0.717) is 10.9 Å². The van der Waals surface area contributed by atoms with Gasteiger partial charge >= 0.3 is 0 Å². The summed E-state index contributed by atoms with van der Waals surface area (Å²) in [4.78, 5) is 0.600. The Morgan fingerprint density at radius 1 is 1.75 bits per heavy atom. The van der Waals surface area contributed by atoms with Crippen LogP contribution < -0.4 is 5.73 Å². The van der Waals surface area contributed by atoms with E-state index < -0.39 is 0 Å². The van der Waals surface area contributed by atoms with Gasteiger partial charge in [0.25, 0.3) is 0 Å². The van der Waals surface area contributed by atoms with E-state index in [9.17, 15) is 0 Å². The zero-order chi connectivity index (χ0) is 5.98. The minimum Gasteiger partial charge on any atom is -0.393 e. The predicted molar refractivity (Wildman–Crippen MR) is 35.7 cm³/mol. The highest BCUT2D eigenvalue weighted by Gasteiger charge is 2.17. The van der Waals surface area contributed by atoms with E-state index in [1.54, 1.807) is 0 Å². The molecule has 0 aromatic carbocycles. The van der Waals surface area contributed by atoms with Crippen LogP contribution in [-0.2, 0) is 4.74 Å². The zero-order valence-corrected chi connectivity index (χ0v) is 5.41. The maximum absolute atomic E-state index is 5.35. The molecule has 1 aliphatic rings. The second-order valence-electron chi connectivity index (χ2n) is 1.96. The number of nitrogens with two attached hydrogens (primary N) is 1. The Morgan fingerprint density at radius 2 is 2.50 bits per heavy atom. The van der Waals surface area contributed by atoms with Gasteiger partial charge in [-0.2, -0.15) is 0 Å². The molecule has 3 heteroatoms. The molecule has 8 heavy (non-hydrogen) atoms. The van der Waals surface area contributed by atoms with Gasteiger partial charge in [-0.15, -0.1) is 0 Å². The van der Waals surface area contributed by atoms with Crippen molar-refractivity contribution in [2.75, 3.05) is 13.2 Å². The molecule has 1 rings (SSSR count). The first-order valence-corrected chi connectivity index (χ1v) is 3.08. The minimum absolute atomic E-state index is 0.352. The van der Waals surface area contributed by atoms with E-state index in [0.717, 1.165) is 19.6 Å². The van der Waals surface area contributed by atoms with Gasteiger partial charge in [0.2, 0.25) is 0 Å². The second-order valence-corrected chi connectivity index (χ2v) is 2.43. The van der Waals surface area contributed by atoms with Crippen LogP contribution in [0.3, 0.4) is 0 Å². The molecule has 46 valence electrons. The van der Waals surface area contributed by atoms with E-state index in [1.807, 2.05) is 0 Å². The Morgan fingerprint density at radius 3 is 2.75 bits per heavy atom. The van der Waals surface area contributed by atoms with Crippen LogP contribution in [0.1, 0.15) is 6.42 Å². The maximum Gasteiger partial charge on any atom is 0.0782 e. The number of thiocarbonyl (C=S) groups is 1. The average Bonchev–Trinajstić information content (AvgIpc) is 2.12. The van der Waals surface area contributed by atoms with Crippen LogP contribution in [0.5, 0.6) is 0 Å². The normalized spacial score (nSPS) is 28.2. The molecule has 1 unspecified atom stereocenters. The SMILES string of the molecule is NC(=S)C1CCOC1. The third-order valence-electron chi connectivity index (χ3n) is 1.33. The molecular formula is C5H9NOS. The lowest BCUT2D eigenvalue weighted by Gasteiger charge is -2.00. The Labute approximate surface area is 54.0 Å². The largest absolute Gasteiger partial charge is 0.393 e. The smallest absolute Gasteiger partial charge is 0.0782 e. The van der Waals surface area contributed by atoms with Gasteiger partial charge in [0.1, 0.15) is 0 Å². The molecule has 1 heterocycles. The molecule has 0 aliphatic carbocycles. The van der Waals surface area contributed by atoms with E-state index in [1.165, 1.54) is 0 Å². The average molecular weight is 131 g/mol. The van der Waals surface area contributed by atoms with Crippen LogP contribution in [-0.4, -0.2) is 18.2 Å². The molecule has 0 radical (unpaired) electrons. The minimum atomic E-state index is 0.352. The second kappa shape index (κ2) is 2.42. The lowest BCUT2D eigenvalue weighted by atomic mass is 10.1. The predicted octanol–water partition coefficient (Wildman–Crippen LogP) is 0.309. The van der Waals surface area contributed by atoms with Crippen molar-refractivity contribution in [3.05, 3.63) is 0 Å². The quantitative estimate of drug-likeness (QED) is 0.520. The summed E-state index contributed by atoms with van der Waals surface area (Å²) in [6, 6.07) is 0. The first kappa shape index (κ1) is 5.98. The van der Waals surface area contributed by atoms with Gasteiger partial charge in [0.05, 0.1) is 11.6 Å². The summed E-state index contributed by atoms with van der Waals surface area (Å²) in [7, 11) is 0. The van der Waals surface area contributed by atoms with Crippen LogP contribution in [0.15, 0.2) is 0 Å². The summed E-state index contributed by atoms with van der Waals surface area (Å²) >= 11 is 4.75. The molecule has 2 N–H and O–H groups in total. The lowest BCUT2D eigenvalue weighted by molar-refractivity contribution is 0.193. The molecule has 0 spiro atoms. The van der Waals surface area contributed by atoms with Gasteiger partial charge < -0.3 is 10.5 Å².